The summed E-state index contributed by atoms with van der Waals surface area (Å²) in [6.07, 6.45) is -5.22. The van der Waals surface area contributed by atoms with Gasteiger partial charge in [-0.05, 0) is 81.9 Å². The van der Waals surface area contributed by atoms with Crippen molar-refractivity contribution in [3.8, 4) is 28.4 Å². The number of hydrogen-bond donors (Lipinski definition) is 2. The van der Waals surface area contributed by atoms with Gasteiger partial charge < -0.3 is 24.6 Å². The van der Waals surface area contributed by atoms with Gasteiger partial charge in [-0.2, -0.15) is 13.2 Å². The molecule has 6 rings (SSSR count). The smallest absolute Gasteiger partial charge is 0.416 e. The highest BCUT2D eigenvalue weighted by molar-refractivity contribution is 5.90. The Hall–Kier alpha value is -6.30. The molecule has 0 unspecified atom stereocenters. The summed E-state index contributed by atoms with van der Waals surface area (Å²) >= 11 is 0. The number of amides is 2. The fourth-order valence-corrected chi connectivity index (χ4v) is 6.00. The van der Waals surface area contributed by atoms with E-state index in [0.29, 0.717) is 28.2 Å². The molecule has 1 aliphatic rings. The van der Waals surface area contributed by atoms with Gasteiger partial charge in [0, 0.05) is 12.8 Å². The average Bonchev–Trinajstić information content (AvgIpc) is 3.16. The van der Waals surface area contributed by atoms with Gasteiger partial charge >= 0.3 is 18.2 Å². The van der Waals surface area contributed by atoms with Crippen LogP contribution in [0.5, 0.6) is 17.2 Å². The SMILES string of the molecule is COc1ccc(OC(=O)N2Cc3cc(OCc4ccc(C(F)(F)F)cc4)ccc3C[C@H]2C(=O)N[C@@H](Cc2ccc(-c3ccccc3)cc2)C(=O)O)cc1. The number of ether oxygens (including phenoxy) is 3. The Morgan fingerprint density at radius 1 is 0.792 bits per heavy atom. The van der Waals surface area contributed by atoms with Crippen LogP contribution in [-0.2, 0) is 41.8 Å². The Labute approximate surface area is 303 Å². The Morgan fingerprint density at radius 3 is 2.06 bits per heavy atom. The molecule has 0 spiro atoms. The standard InChI is InChI=1S/C41H35F3N2O7/c1-51-33-17-19-34(20-18-33)53-40(50)46-24-31-22-35(52-25-27-9-14-32(15-10-27)41(42,43)44)16-13-30(31)23-37(46)38(47)45-36(39(48)49)21-26-7-11-29(12-8-26)28-5-3-2-4-6-28/h2-20,22,36-37H,21,23-25H2,1H3,(H,45,47)(H,48,49)/t36-,37-/m0/s1. The van der Waals surface area contributed by atoms with Gasteiger partial charge in [0.15, 0.2) is 0 Å². The summed E-state index contributed by atoms with van der Waals surface area (Å²) in [5.41, 5.74) is 3.82. The highest BCUT2D eigenvalue weighted by Gasteiger charge is 2.38. The van der Waals surface area contributed by atoms with Crippen molar-refractivity contribution in [1.82, 2.24) is 10.2 Å². The van der Waals surface area contributed by atoms with Gasteiger partial charge in [-0.1, -0.05) is 72.8 Å². The van der Waals surface area contributed by atoms with Crippen molar-refractivity contribution < 1.29 is 46.9 Å². The van der Waals surface area contributed by atoms with Crippen LogP contribution in [0.25, 0.3) is 11.1 Å². The third-order valence-corrected chi connectivity index (χ3v) is 8.91. The normalized spacial score (nSPS) is 14.4. The molecule has 1 heterocycles. The first-order valence-electron chi connectivity index (χ1n) is 16.7. The van der Waals surface area contributed by atoms with Crippen molar-refractivity contribution >= 4 is 18.0 Å². The number of nitrogens with one attached hydrogen (secondary N) is 1. The number of hydrogen-bond acceptors (Lipinski definition) is 6. The van der Waals surface area contributed by atoms with Gasteiger partial charge in [0.1, 0.15) is 35.9 Å². The molecule has 272 valence electrons. The molecule has 12 heteroatoms. The topological polar surface area (TPSA) is 114 Å². The number of carbonyl (C=O) groups is 3. The van der Waals surface area contributed by atoms with Crippen molar-refractivity contribution in [2.24, 2.45) is 0 Å². The van der Waals surface area contributed by atoms with Crippen molar-refractivity contribution in [2.45, 2.75) is 44.3 Å². The molecule has 0 fully saturated rings. The Balaban J connectivity index is 1.19. The second-order valence-corrected chi connectivity index (χ2v) is 12.5. The molecule has 5 aromatic rings. The summed E-state index contributed by atoms with van der Waals surface area (Å²) in [4.78, 5) is 41.2. The number of aliphatic carboxylic acids is 1. The molecule has 2 amide bonds. The van der Waals surface area contributed by atoms with E-state index in [1.807, 2.05) is 54.6 Å². The van der Waals surface area contributed by atoms with Gasteiger partial charge in [0.2, 0.25) is 5.91 Å². The van der Waals surface area contributed by atoms with Crippen molar-refractivity contribution in [1.29, 1.82) is 0 Å². The van der Waals surface area contributed by atoms with Crippen LogP contribution < -0.4 is 19.5 Å². The average molecular weight is 725 g/mol. The Morgan fingerprint density at radius 2 is 1.42 bits per heavy atom. The van der Waals surface area contributed by atoms with Gasteiger partial charge in [-0.15, -0.1) is 0 Å². The van der Waals surface area contributed by atoms with E-state index < -0.39 is 41.8 Å². The second kappa shape index (κ2) is 15.9. The van der Waals surface area contributed by atoms with E-state index in [1.54, 1.807) is 42.5 Å². The molecule has 2 N–H and O–H groups in total. The lowest BCUT2D eigenvalue weighted by Crippen LogP contribution is -2.56. The highest BCUT2D eigenvalue weighted by Crippen LogP contribution is 2.31. The first-order valence-corrected chi connectivity index (χ1v) is 16.7. The highest BCUT2D eigenvalue weighted by atomic mass is 19.4. The number of benzene rings is 5. The van der Waals surface area contributed by atoms with E-state index in [9.17, 15) is 32.7 Å². The molecule has 0 saturated heterocycles. The first-order chi connectivity index (χ1) is 25.5. The van der Waals surface area contributed by atoms with Crippen LogP contribution >= 0.6 is 0 Å². The first kappa shape index (κ1) is 36.5. The molecule has 5 aromatic carbocycles. The molecular weight excluding hydrogens is 689 g/mol. The molecule has 1 aliphatic heterocycles. The predicted molar refractivity (Wildman–Crippen MR) is 189 cm³/mol. The monoisotopic (exact) mass is 724 g/mol. The largest absolute Gasteiger partial charge is 0.497 e. The molecule has 0 aliphatic carbocycles. The van der Waals surface area contributed by atoms with Crippen molar-refractivity contribution in [2.75, 3.05) is 7.11 Å². The van der Waals surface area contributed by atoms with Crippen LogP contribution in [0, 0.1) is 0 Å². The number of fused-ring (bicyclic) bond motifs is 1. The van der Waals surface area contributed by atoms with E-state index in [4.69, 9.17) is 14.2 Å². The summed E-state index contributed by atoms with van der Waals surface area (Å²) in [5, 5.41) is 12.7. The summed E-state index contributed by atoms with van der Waals surface area (Å²) in [6.45, 7) is -0.0741. The quantitative estimate of drug-likeness (QED) is 0.144. The molecule has 0 bridgehead atoms. The number of carboxylic acids is 1. The number of halogens is 3. The molecule has 0 radical (unpaired) electrons. The maximum Gasteiger partial charge on any atom is 0.416 e. The van der Waals surface area contributed by atoms with Crippen molar-refractivity contribution in [3.05, 3.63) is 149 Å². The Bertz CT molecular complexity index is 2050. The van der Waals surface area contributed by atoms with Crippen LogP contribution in [0.3, 0.4) is 0 Å². The Kier molecular flexibility index (Phi) is 11.0. The maximum absolute atomic E-state index is 13.9. The summed E-state index contributed by atoms with van der Waals surface area (Å²) in [6, 6.07) is 30.8. The van der Waals surface area contributed by atoms with Gasteiger partial charge in [0.05, 0.1) is 19.2 Å². The van der Waals surface area contributed by atoms with Crippen LogP contribution in [-0.4, -0.2) is 47.2 Å². The molecule has 0 saturated carbocycles. The summed E-state index contributed by atoms with van der Waals surface area (Å²) < 4.78 is 55.6. The van der Waals surface area contributed by atoms with Crippen LogP contribution in [0.4, 0.5) is 18.0 Å². The van der Waals surface area contributed by atoms with Crippen LogP contribution in [0.2, 0.25) is 0 Å². The second-order valence-electron chi connectivity index (χ2n) is 12.5. The predicted octanol–water partition coefficient (Wildman–Crippen LogP) is 7.70. The third kappa shape index (κ3) is 9.14. The lowest BCUT2D eigenvalue weighted by atomic mass is 9.93. The fraction of sp³-hybridized carbons (Fsp3) is 0.195. The fourth-order valence-electron chi connectivity index (χ4n) is 6.00. The number of methoxy groups -OCH3 is 1. The van der Waals surface area contributed by atoms with E-state index in [2.05, 4.69) is 5.32 Å². The minimum absolute atomic E-state index is 0.00323. The zero-order valence-corrected chi connectivity index (χ0v) is 28.5. The van der Waals surface area contributed by atoms with Crippen LogP contribution in [0.1, 0.15) is 27.8 Å². The zero-order valence-electron chi connectivity index (χ0n) is 28.5. The molecule has 0 aromatic heterocycles. The van der Waals surface area contributed by atoms with E-state index in [-0.39, 0.29) is 31.7 Å². The van der Waals surface area contributed by atoms with Crippen LogP contribution in [0.15, 0.2) is 121 Å². The van der Waals surface area contributed by atoms with Gasteiger partial charge in [0.25, 0.3) is 0 Å². The minimum atomic E-state index is -4.45. The zero-order chi connectivity index (χ0) is 37.5. The van der Waals surface area contributed by atoms with E-state index in [0.717, 1.165) is 28.8 Å². The summed E-state index contributed by atoms with van der Waals surface area (Å²) in [5.74, 6) is -0.745. The molecule has 9 nitrogen and oxygen atoms in total. The number of nitrogens with zero attached hydrogens (tertiary/aromatic N) is 1. The van der Waals surface area contributed by atoms with Gasteiger partial charge in [-0.25, -0.2) is 9.59 Å². The maximum atomic E-state index is 13.9. The number of carbonyl (C=O) groups excluding carboxylic acids is 2. The number of rotatable bonds is 11. The number of carboxylic acid groups (broad SMARTS) is 1. The molecule has 53 heavy (non-hydrogen) atoms. The molecule has 2 atom stereocenters. The number of alkyl halides is 3. The van der Waals surface area contributed by atoms with Gasteiger partial charge in [-0.3, -0.25) is 9.69 Å². The van der Waals surface area contributed by atoms with E-state index in [1.165, 1.54) is 24.1 Å². The summed E-state index contributed by atoms with van der Waals surface area (Å²) in [7, 11) is 1.50. The third-order valence-electron chi connectivity index (χ3n) is 8.91. The molecular formula is C41H35F3N2O7. The lowest BCUT2D eigenvalue weighted by molar-refractivity contribution is -0.142. The van der Waals surface area contributed by atoms with E-state index >= 15 is 0 Å². The lowest BCUT2D eigenvalue weighted by Gasteiger charge is -2.35. The minimum Gasteiger partial charge on any atom is -0.497 e. The van der Waals surface area contributed by atoms with Crippen molar-refractivity contribution in [3.63, 3.8) is 0 Å².